The zero-order chi connectivity index (χ0) is 57.4. The number of esters is 1. The Hall–Kier alpha value is -8.58. The van der Waals surface area contributed by atoms with E-state index in [-0.39, 0.29) is 79.5 Å². The highest BCUT2D eigenvalue weighted by Crippen LogP contribution is 2.22. The third-order valence-corrected chi connectivity index (χ3v) is 12.6. The van der Waals surface area contributed by atoms with Gasteiger partial charge in [0.25, 0.3) is 11.8 Å². The van der Waals surface area contributed by atoms with E-state index in [1.165, 1.54) is 103 Å². The molecule has 0 aliphatic carbocycles. The number of amides is 8. The lowest BCUT2D eigenvalue weighted by molar-refractivity contribution is -0.141. The summed E-state index contributed by atoms with van der Waals surface area (Å²) in [5.74, 6) is -2.97. The van der Waals surface area contributed by atoms with Crippen LogP contribution in [0, 0.1) is 0 Å². The third-order valence-electron chi connectivity index (χ3n) is 12.6. The fraction of sp³-hybridized carbons (Fsp3) is 0.509. The maximum atomic E-state index is 13.3. The van der Waals surface area contributed by atoms with Gasteiger partial charge in [-0.15, -0.1) is 0 Å². The van der Waals surface area contributed by atoms with Gasteiger partial charge >= 0.3 is 5.97 Å². The summed E-state index contributed by atoms with van der Waals surface area (Å²) >= 11 is 0. The number of hydrogen-bond acceptors (Lipinski definition) is 13. The van der Waals surface area contributed by atoms with Gasteiger partial charge in [0.1, 0.15) is 11.6 Å². The molecule has 0 unspecified atom stereocenters. The fourth-order valence-electron chi connectivity index (χ4n) is 8.30. The lowest BCUT2D eigenvalue weighted by atomic mass is 10.0. The van der Waals surface area contributed by atoms with Crippen LogP contribution in [0.25, 0.3) is 0 Å². The predicted molar refractivity (Wildman–Crippen MR) is 298 cm³/mol. The average molecular weight is 1100 g/mol. The molecule has 79 heavy (non-hydrogen) atoms. The SMILES string of the molecule is CCCCCCCCCCCCCCCC(=O)Nc1cn(C)c(C(=O)Nc2cc(NC(=O)CCC(=O)Nc3cn(C)c(C(=O)Nc4cc(NC(=O)CCC(=O)Nc5cn(C)c(NC(=O)CCC(=O)OC)n5)n(C)c4)n3)n(C)c2)n1. The maximum Gasteiger partial charge on any atom is 0.306 e. The van der Waals surface area contributed by atoms with E-state index in [0.717, 1.165) is 19.3 Å². The Morgan fingerprint density at radius 3 is 1.18 bits per heavy atom. The Balaban J connectivity index is 0.977. The predicted octanol–water partition coefficient (Wildman–Crippen LogP) is 7.10. The number of unbranched alkanes of at least 4 members (excludes halogenated alkanes) is 12. The molecule has 0 saturated carbocycles. The van der Waals surface area contributed by atoms with E-state index < -0.39 is 47.3 Å². The molecule has 5 rings (SSSR count). The van der Waals surface area contributed by atoms with Crippen molar-refractivity contribution in [2.45, 2.75) is 135 Å². The Morgan fingerprint density at radius 2 is 0.747 bits per heavy atom. The number of aromatic nitrogens is 8. The van der Waals surface area contributed by atoms with Crippen LogP contribution in [0.15, 0.2) is 43.1 Å². The Morgan fingerprint density at radius 1 is 0.392 bits per heavy atom. The largest absolute Gasteiger partial charge is 0.469 e. The summed E-state index contributed by atoms with van der Waals surface area (Å²) in [7, 11) is 9.35. The van der Waals surface area contributed by atoms with Gasteiger partial charge in [0.2, 0.25) is 53.0 Å². The molecule has 5 aromatic heterocycles. The summed E-state index contributed by atoms with van der Waals surface area (Å²) in [6.07, 6.45) is 22.9. The Labute approximate surface area is 459 Å². The maximum absolute atomic E-state index is 13.3. The molecule has 0 aliphatic rings. The van der Waals surface area contributed by atoms with E-state index in [9.17, 15) is 43.2 Å². The zero-order valence-electron chi connectivity index (χ0n) is 46.3. The van der Waals surface area contributed by atoms with Crippen molar-refractivity contribution in [3.63, 3.8) is 0 Å². The fourth-order valence-corrected chi connectivity index (χ4v) is 8.30. The molecule has 0 aliphatic heterocycles. The van der Waals surface area contributed by atoms with Gasteiger partial charge < -0.3 is 64.8 Å². The molecule has 0 atom stereocenters. The van der Waals surface area contributed by atoms with Crippen LogP contribution >= 0.6 is 0 Å². The van der Waals surface area contributed by atoms with Crippen molar-refractivity contribution in [1.29, 1.82) is 0 Å². The molecule has 26 nitrogen and oxygen atoms in total. The lowest BCUT2D eigenvalue weighted by Gasteiger charge is -2.06. The van der Waals surface area contributed by atoms with Crippen molar-refractivity contribution in [1.82, 2.24) is 37.8 Å². The van der Waals surface area contributed by atoms with Crippen molar-refractivity contribution < 1.29 is 47.9 Å². The number of ether oxygens (including phenoxy) is 1. The van der Waals surface area contributed by atoms with Crippen LogP contribution in [0.1, 0.15) is 157 Å². The van der Waals surface area contributed by atoms with Crippen LogP contribution in [0.3, 0.4) is 0 Å². The van der Waals surface area contributed by atoms with Crippen LogP contribution in [-0.2, 0) is 73.5 Å². The van der Waals surface area contributed by atoms with Crippen molar-refractivity contribution in [2.75, 3.05) is 49.6 Å². The molecule has 26 heteroatoms. The smallest absolute Gasteiger partial charge is 0.306 e. The second-order valence-corrected chi connectivity index (χ2v) is 19.4. The first-order valence-electron chi connectivity index (χ1n) is 26.7. The molecule has 8 amide bonds. The summed E-state index contributed by atoms with van der Waals surface area (Å²) < 4.78 is 12.1. The van der Waals surface area contributed by atoms with E-state index >= 15 is 0 Å². The number of methoxy groups -OCH3 is 1. The second kappa shape index (κ2) is 31.0. The first kappa shape index (κ1) is 61.3. The highest BCUT2D eigenvalue weighted by molar-refractivity contribution is 6.05. The topological polar surface area (TPSA) is 322 Å². The molecule has 0 spiro atoms. The minimum atomic E-state index is -0.622. The van der Waals surface area contributed by atoms with Gasteiger partial charge in [-0.05, 0) is 6.42 Å². The molecule has 428 valence electrons. The van der Waals surface area contributed by atoms with Crippen molar-refractivity contribution in [3.05, 3.63) is 54.8 Å². The van der Waals surface area contributed by atoms with E-state index in [0.29, 0.717) is 29.4 Å². The number of nitrogens with zero attached hydrogens (tertiary/aromatic N) is 8. The van der Waals surface area contributed by atoms with Crippen LogP contribution in [0.4, 0.5) is 46.4 Å². The summed E-state index contributed by atoms with van der Waals surface area (Å²) in [5, 5.41) is 21.4. The zero-order valence-corrected chi connectivity index (χ0v) is 46.3. The van der Waals surface area contributed by atoms with Gasteiger partial charge in [-0.2, -0.15) is 4.98 Å². The van der Waals surface area contributed by atoms with Crippen molar-refractivity contribution >= 4 is 99.6 Å². The molecule has 0 aromatic carbocycles. The van der Waals surface area contributed by atoms with Crippen LogP contribution in [0.5, 0.6) is 0 Å². The number of carbonyl (C=O) groups excluding carboxylic acids is 9. The van der Waals surface area contributed by atoms with Crippen LogP contribution in [-0.4, -0.2) is 98.1 Å². The van der Waals surface area contributed by atoms with Crippen LogP contribution in [0.2, 0.25) is 0 Å². The van der Waals surface area contributed by atoms with Gasteiger partial charge in [-0.3, -0.25) is 48.5 Å². The van der Waals surface area contributed by atoms with Gasteiger partial charge in [-0.1, -0.05) is 84.0 Å². The highest BCUT2D eigenvalue weighted by atomic mass is 16.5. The normalized spacial score (nSPS) is 10.9. The number of imidazole rings is 3. The van der Waals surface area contributed by atoms with Gasteiger partial charge in [0.15, 0.2) is 17.5 Å². The molecule has 0 fully saturated rings. The van der Waals surface area contributed by atoms with E-state index in [1.807, 2.05) is 0 Å². The monoisotopic (exact) mass is 1100 g/mol. The number of hydrogen-bond donors (Lipinski definition) is 8. The van der Waals surface area contributed by atoms with Gasteiger partial charge in [0, 0.05) is 117 Å². The molecule has 8 N–H and O–H groups in total. The average Bonchev–Trinajstić information content (AvgIpc) is 4.21. The first-order chi connectivity index (χ1) is 37.8. The number of aryl methyl sites for hydroxylation is 5. The summed E-state index contributed by atoms with van der Waals surface area (Å²) in [6.45, 7) is 2.24. The Bertz CT molecular complexity index is 2920. The highest BCUT2D eigenvalue weighted by Gasteiger charge is 2.21. The molecule has 5 heterocycles. The van der Waals surface area contributed by atoms with Crippen molar-refractivity contribution in [2.24, 2.45) is 35.2 Å². The number of rotatable bonds is 33. The summed E-state index contributed by atoms with van der Waals surface area (Å²) in [6, 6.07) is 3.07. The summed E-state index contributed by atoms with van der Waals surface area (Å²) in [4.78, 5) is 126. The number of carbonyl (C=O) groups is 9. The number of anilines is 8. The summed E-state index contributed by atoms with van der Waals surface area (Å²) in [5.41, 5.74) is 0.691. The molecule has 0 saturated heterocycles. The minimum Gasteiger partial charge on any atom is -0.469 e. The molecular weight excluding hydrogens is 1020 g/mol. The quantitative estimate of drug-likeness (QED) is 0.0154. The van der Waals surface area contributed by atoms with Gasteiger partial charge in [0.05, 0.1) is 24.9 Å². The molecule has 0 radical (unpaired) electrons. The molecule has 5 aromatic rings. The standard InChI is InChI=1S/C53H76N16O10/c1-8-9-10-11-12-13-14-15-16-17-18-19-20-21-42(70)56-37-32-67(4)49(59-37)51(77)54-35-28-40(65(2)30-35)62-45(73)24-22-43(71)57-38-33-68(5)50(60-38)52(78)55-36-29-41(66(3)31-36)63-46(74)25-23-44(72)58-39-34-69(6)53(61-39)64-47(75)26-27-48(76)79-7/h28-34H,8-27H2,1-7H3,(H,54,77)(H,55,78)(H,56,70)(H,57,71)(H,58,72)(H,62,73)(H,63,74)(H,61,64,75). The van der Waals surface area contributed by atoms with E-state index in [2.05, 4.69) is 69.1 Å². The molecular formula is C53H76N16O10. The Kier molecular flexibility index (Phi) is 24.0. The van der Waals surface area contributed by atoms with E-state index in [4.69, 9.17) is 0 Å². The first-order valence-corrected chi connectivity index (χ1v) is 26.7. The van der Waals surface area contributed by atoms with Crippen LogP contribution < -0.4 is 42.5 Å². The molecule has 0 bridgehead atoms. The van der Waals surface area contributed by atoms with Crippen molar-refractivity contribution in [3.8, 4) is 0 Å². The van der Waals surface area contributed by atoms with Gasteiger partial charge in [-0.25, -0.2) is 9.97 Å². The lowest BCUT2D eigenvalue weighted by Crippen LogP contribution is -2.19. The minimum absolute atomic E-state index is 0.0495. The second-order valence-electron chi connectivity index (χ2n) is 19.4. The van der Waals surface area contributed by atoms with E-state index in [1.54, 1.807) is 69.0 Å². The third kappa shape index (κ3) is 20.7. The number of nitrogens with one attached hydrogen (secondary N) is 8.